The van der Waals surface area contributed by atoms with Crippen molar-refractivity contribution in [3.63, 3.8) is 0 Å². The Hall–Kier alpha value is -1.03. The molecule has 2 aromatic heterocycles. The van der Waals surface area contributed by atoms with Crippen LogP contribution in [0.5, 0.6) is 0 Å². The van der Waals surface area contributed by atoms with Gasteiger partial charge < -0.3 is 5.32 Å². The van der Waals surface area contributed by atoms with E-state index in [9.17, 15) is 0 Å². The molecule has 1 aliphatic rings. The number of anilines is 1. The Morgan fingerprint density at radius 2 is 2.15 bits per heavy atom. The molecule has 1 atom stereocenters. The predicted molar refractivity (Wildman–Crippen MR) is 90.5 cm³/mol. The topological polar surface area (TPSA) is 12.0 Å². The fourth-order valence-corrected chi connectivity index (χ4v) is 5.08. The number of rotatable bonds is 2. The summed E-state index contributed by atoms with van der Waals surface area (Å²) in [5.41, 5.74) is 2.60. The second kappa shape index (κ2) is 5.06. The fraction of sp³-hybridized carbons (Fsp3) is 0.250. The van der Waals surface area contributed by atoms with Crippen LogP contribution in [-0.4, -0.2) is 0 Å². The molecule has 0 aliphatic heterocycles. The number of hydrogen-bond donors (Lipinski definition) is 1. The Morgan fingerprint density at radius 3 is 3.10 bits per heavy atom. The molecular weight excluding hydrogens is 306 g/mol. The van der Waals surface area contributed by atoms with Crippen molar-refractivity contribution in [3.8, 4) is 0 Å². The van der Waals surface area contributed by atoms with E-state index >= 15 is 0 Å². The summed E-state index contributed by atoms with van der Waals surface area (Å²) in [6.07, 6.45) is 3.60. The van der Waals surface area contributed by atoms with Crippen molar-refractivity contribution in [2.75, 3.05) is 5.32 Å². The van der Waals surface area contributed by atoms with Gasteiger partial charge in [-0.25, -0.2) is 0 Å². The van der Waals surface area contributed by atoms with Crippen LogP contribution in [0.1, 0.15) is 29.3 Å². The number of aryl methyl sites for hydroxylation is 1. The molecule has 3 aromatic rings. The van der Waals surface area contributed by atoms with E-state index in [0.29, 0.717) is 6.04 Å². The number of nitrogens with one attached hydrogen (secondary N) is 1. The molecule has 1 N–H and O–H groups in total. The number of benzene rings is 1. The number of fused-ring (bicyclic) bond motifs is 2. The predicted octanol–water partition coefficient (Wildman–Crippen LogP) is 6.11. The SMILES string of the molecule is Clc1cc2c(s1)CCCC2Nc1ccc2sccc2c1. The Labute approximate surface area is 131 Å². The summed E-state index contributed by atoms with van der Waals surface area (Å²) in [6.45, 7) is 0. The van der Waals surface area contributed by atoms with E-state index in [4.69, 9.17) is 11.6 Å². The maximum atomic E-state index is 6.17. The zero-order chi connectivity index (χ0) is 13.5. The normalized spacial score (nSPS) is 18.1. The minimum Gasteiger partial charge on any atom is -0.378 e. The first-order chi connectivity index (χ1) is 9.79. The standard InChI is InChI=1S/C16H14ClNS2/c17-16-9-12-13(2-1-3-15(12)20-16)18-11-4-5-14-10(8-11)6-7-19-14/h4-9,13,18H,1-3H2. The van der Waals surface area contributed by atoms with Crippen LogP contribution in [0.25, 0.3) is 10.1 Å². The molecule has 0 saturated heterocycles. The van der Waals surface area contributed by atoms with Crippen LogP contribution >= 0.6 is 34.3 Å². The lowest BCUT2D eigenvalue weighted by Crippen LogP contribution is -2.15. The van der Waals surface area contributed by atoms with Crippen molar-refractivity contribution in [1.29, 1.82) is 0 Å². The minimum atomic E-state index is 0.401. The van der Waals surface area contributed by atoms with Crippen LogP contribution in [-0.2, 0) is 6.42 Å². The summed E-state index contributed by atoms with van der Waals surface area (Å²) < 4.78 is 2.26. The maximum Gasteiger partial charge on any atom is 0.0934 e. The van der Waals surface area contributed by atoms with E-state index in [2.05, 4.69) is 41.0 Å². The summed E-state index contributed by atoms with van der Waals surface area (Å²) in [5.74, 6) is 0. The van der Waals surface area contributed by atoms with Crippen LogP contribution in [0.3, 0.4) is 0 Å². The molecule has 2 heterocycles. The molecule has 1 aromatic carbocycles. The third kappa shape index (κ3) is 2.24. The van der Waals surface area contributed by atoms with E-state index in [1.54, 1.807) is 22.7 Å². The summed E-state index contributed by atoms with van der Waals surface area (Å²) in [5, 5.41) is 7.15. The van der Waals surface area contributed by atoms with Gasteiger partial charge in [-0.05, 0) is 65.9 Å². The Kier molecular flexibility index (Phi) is 3.21. The fourth-order valence-electron chi connectivity index (χ4n) is 2.93. The van der Waals surface area contributed by atoms with Crippen LogP contribution in [0.4, 0.5) is 5.69 Å². The molecule has 0 spiro atoms. The van der Waals surface area contributed by atoms with Crippen LogP contribution < -0.4 is 5.32 Å². The van der Waals surface area contributed by atoms with E-state index in [1.165, 1.54) is 45.5 Å². The molecule has 1 unspecified atom stereocenters. The monoisotopic (exact) mass is 319 g/mol. The van der Waals surface area contributed by atoms with Crippen molar-refractivity contribution in [3.05, 3.63) is 50.5 Å². The molecule has 0 fully saturated rings. The van der Waals surface area contributed by atoms with Gasteiger partial charge in [0.1, 0.15) is 0 Å². The third-order valence-electron chi connectivity index (χ3n) is 3.88. The lowest BCUT2D eigenvalue weighted by atomic mass is 9.94. The Bertz CT molecular complexity index is 759. The minimum absolute atomic E-state index is 0.401. The largest absolute Gasteiger partial charge is 0.378 e. The lowest BCUT2D eigenvalue weighted by Gasteiger charge is -2.24. The summed E-state index contributed by atoms with van der Waals surface area (Å²) in [7, 11) is 0. The summed E-state index contributed by atoms with van der Waals surface area (Å²) in [6, 6.07) is 11.3. The highest BCUT2D eigenvalue weighted by Gasteiger charge is 2.22. The number of thiophene rings is 2. The van der Waals surface area contributed by atoms with Crippen molar-refractivity contribution in [2.24, 2.45) is 0 Å². The van der Waals surface area contributed by atoms with Gasteiger partial charge >= 0.3 is 0 Å². The van der Waals surface area contributed by atoms with E-state index in [-0.39, 0.29) is 0 Å². The van der Waals surface area contributed by atoms with E-state index in [0.717, 1.165) is 4.34 Å². The van der Waals surface area contributed by atoms with Gasteiger partial charge in [0.15, 0.2) is 0 Å². The first-order valence-electron chi connectivity index (χ1n) is 6.81. The summed E-state index contributed by atoms with van der Waals surface area (Å²) >= 11 is 9.70. The van der Waals surface area contributed by atoms with Gasteiger partial charge in [0, 0.05) is 15.3 Å². The zero-order valence-corrected chi connectivity index (χ0v) is 13.2. The number of halogens is 1. The van der Waals surface area contributed by atoms with Gasteiger partial charge in [-0.2, -0.15) is 0 Å². The van der Waals surface area contributed by atoms with Crippen LogP contribution in [0, 0.1) is 0 Å². The van der Waals surface area contributed by atoms with Crippen molar-refractivity contribution < 1.29 is 0 Å². The second-order valence-corrected chi connectivity index (χ2v) is 7.91. The second-order valence-electron chi connectivity index (χ2n) is 5.19. The molecule has 1 nitrogen and oxygen atoms in total. The first-order valence-corrected chi connectivity index (χ1v) is 8.89. The number of hydrogen-bond acceptors (Lipinski definition) is 3. The quantitative estimate of drug-likeness (QED) is 0.601. The smallest absolute Gasteiger partial charge is 0.0934 e. The molecule has 4 rings (SSSR count). The summed E-state index contributed by atoms with van der Waals surface area (Å²) in [4.78, 5) is 1.45. The van der Waals surface area contributed by atoms with Crippen LogP contribution in [0.15, 0.2) is 35.7 Å². The molecule has 102 valence electrons. The molecule has 0 amide bonds. The molecule has 0 radical (unpaired) electrons. The Morgan fingerprint density at radius 1 is 1.20 bits per heavy atom. The van der Waals surface area contributed by atoms with Gasteiger partial charge in [0.2, 0.25) is 0 Å². The molecule has 0 saturated carbocycles. The molecule has 1 aliphatic carbocycles. The third-order valence-corrected chi connectivity index (χ3v) is 6.11. The highest BCUT2D eigenvalue weighted by molar-refractivity contribution is 7.17. The lowest BCUT2D eigenvalue weighted by molar-refractivity contribution is 0.609. The van der Waals surface area contributed by atoms with E-state index in [1.807, 2.05) is 0 Å². The molecular formula is C16H14ClNS2. The highest BCUT2D eigenvalue weighted by Crippen LogP contribution is 2.39. The van der Waals surface area contributed by atoms with Gasteiger partial charge in [-0.1, -0.05) is 11.6 Å². The van der Waals surface area contributed by atoms with Gasteiger partial charge in [-0.3, -0.25) is 0 Å². The Balaban J connectivity index is 1.65. The van der Waals surface area contributed by atoms with Crippen molar-refractivity contribution >= 4 is 50.0 Å². The molecule has 20 heavy (non-hydrogen) atoms. The van der Waals surface area contributed by atoms with Gasteiger partial charge in [0.05, 0.1) is 10.4 Å². The van der Waals surface area contributed by atoms with E-state index < -0.39 is 0 Å². The van der Waals surface area contributed by atoms with Crippen LogP contribution in [0.2, 0.25) is 4.34 Å². The van der Waals surface area contributed by atoms with Gasteiger partial charge in [-0.15, -0.1) is 22.7 Å². The maximum absolute atomic E-state index is 6.17. The highest BCUT2D eigenvalue weighted by atomic mass is 35.5. The zero-order valence-electron chi connectivity index (χ0n) is 10.9. The average Bonchev–Trinajstić information content (AvgIpc) is 3.04. The molecule has 4 heteroatoms. The van der Waals surface area contributed by atoms with Crippen molar-refractivity contribution in [2.45, 2.75) is 25.3 Å². The van der Waals surface area contributed by atoms with Crippen molar-refractivity contribution in [1.82, 2.24) is 0 Å². The van der Waals surface area contributed by atoms with Gasteiger partial charge in [0.25, 0.3) is 0 Å². The molecule has 0 bridgehead atoms. The first kappa shape index (κ1) is 12.7. The average molecular weight is 320 g/mol.